The molecule has 128 valence electrons. The average Bonchev–Trinajstić information content (AvgIpc) is 2.83. The highest BCUT2D eigenvalue weighted by atomic mass is 19.4. The highest BCUT2D eigenvalue weighted by Crippen LogP contribution is 2.30. The third-order valence-electron chi connectivity index (χ3n) is 2.95. The van der Waals surface area contributed by atoms with Crippen molar-refractivity contribution in [3.63, 3.8) is 0 Å². The zero-order chi connectivity index (χ0) is 17.8. The standard InChI is InChI=1S/C13H17F3N4O3/c1-4-8(21)10(12(23)17-2)18-9(22)5-7-6-20(3)19-11(7)13(14,15)16/h4,6,8,10,21H,1,5H2,2-3H3,(H,17,23)(H,18,22). The molecular weight excluding hydrogens is 317 g/mol. The Bertz CT molecular complexity index is 598. The number of rotatable bonds is 6. The van der Waals surface area contributed by atoms with Gasteiger partial charge in [0.25, 0.3) is 0 Å². The largest absolute Gasteiger partial charge is 0.435 e. The number of amides is 2. The maximum absolute atomic E-state index is 12.8. The SMILES string of the molecule is C=CC(O)C(NC(=O)Cc1cn(C)nc1C(F)(F)F)C(=O)NC. The number of nitrogens with one attached hydrogen (secondary N) is 2. The Hall–Kier alpha value is -2.36. The zero-order valence-electron chi connectivity index (χ0n) is 12.5. The molecule has 7 nitrogen and oxygen atoms in total. The van der Waals surface area contributed by atoms with Gasteiger partial charge >= 0.3 is 6.18 Å². The minimum absolute atomic E-state index is 0.332. The smallest absolute Gasteiger partial charge is 0.386 e. The van der Waals surface area contributed by atoms with E-state index in [-0.39, 0.29) is 5.56 Å². The second-order valence-corrected chi connectivity index (χ2v) is 4.74. The molecule has 1 heterocycles. The summed E-state index contributed by atoms with van der Waals surface area (Å²) in [6.45, 7) is 3.30. The molecule has 2 amide bonds. The Labute approximate surface area is 130 Å². The first-order chi connectivity index (χ1) is 10.6. The van der Waals surface area contributed by atoms with Gasteiger partial charge in [0.05, 0.1) is 6.42 Å². The number of likely N-dealkylation sites (N-methyl/N-ethyl adjacent to an activating group) is 1. The molecule has 10 heteroatoms. The summed E-state index contributed by atoms with van der Waals surface area (Å²) in [6, 6.07) is -1.35. The molecule has 0 aliphatic rings. The molecule has 0 aliphatic heterocycles. The van der Waals surface area contributed by atoms with Crippen LogP contribution in [-0.4, -0.2) is 45.9 Å². The van der Waals surface area contributed by atoms with Crippen LogP contribution in [0.4, 0.5) is 13.2 Å². The molecule has 0 spiro atoms. The van der Waals surface area contributed by atoms with Crippen LogP contribution in [0.2, 0.25) is 0 Å². The van der Waals surface area contributed by atoms with E-state index in [1.807, 2.05) is 0 Å². The van der Waals surface area contributed by atoms with Crippen LogP contribution in [0, 0.1) is 0 Å². The Balaban J connectivity index is 2.91. The van der Waals surface area contributed by atoms with Crippen molar-refractivity contribution >= 4 is 11.8 Å². The van der Waals surface area contributed by atoms with Crippen LogP contribution in [0.25, 0.3) is 0 Å². The first-order valence-electron chi connectivity index (χ1n) is 6.51. The molecule has 0 saturated carbocycles. The van der Waals surface area contributed by atoms with E-state index in [1.165, 1.54) is 14.1 Å². The molecule has 1 aromatic heterocycles. The highest BCUT2D eigenvalue weighted by molar-refractivity contribution is 5.89. The average molecular weight is 334 g/mol. The van der Waals surface area contributed by atoms with Crippen molar-refractivity contribution < 1.29 is 27.9 Å². The van der Waals surface area contributed by atoms with Gasteiger partial charge in [-0.1, -0.05) is 6.08 Å². The Morgan fingerprint density at radius 2 is 2.13 bits per heavy atom. The number of carbonyl (C=O) groups is 2. The van der Waals surface area contributed by atoms with Gasteiger partial charge in [-0.25, -0.2) is 0 Å². The fourth-order valence-electron chi connectivity index (χ4n) is 1.90. The van der Waals surface area contributed by atoms with E-state index in [4.69, 9.17) is 0 Å². The number of alkyl halides is 3. The molecule has 2 unspecified atom stereocenters. The predicted molar refractivity (Wildman–Crippen MR) is 74.1 cm³/mol. The summed E-state index contributed by atoms with van der Waals surface area (Å²) in [5, 5.41) is 17.3. The molecule has 0 radical (unpaired) electrons. The number of aromatic nitrogens is 2. The van der Waals surface area contributed by atoms with Gasteiger partial charge in [0.15, 0.2) is 5.69 Å². The van der Waals surface area contributed by atoms with Crippen molar-refractivity contribution in [1.29, 1.82) is 0 Å². The Morgan fingerprint density at radius 3 is 2.61 bits per heavy atom. The Kier molecular flexibility index (Phi) is 5.91. The minimum Gasteiger partial charge on any atom is -0.386 e. The maximum Gasteiger partial charge on any atom is 0.435 e. The summed E-state index contributed by atoms with van der Waals surface area (Å²) in [4.78, 5) is 23.5. The van der Waals surface area contributed by atoms with Gasteiger partial charge in [-0.2, -0.15) is 18.3 Å². The Morgan fingerprint density at radius 1 is 1.52 bits per heavy atom. The molecular formula is C13H17F3N4O3. The predicted octanol–water partition coefficient (Wildman–Crippen LogP) is -0.241. The zero-order valence-corrected chi connectivity index (χ0v) is 12.5. The molecule has 2 atom stereocenters. The lowest BCUT2D eigenvalue weighted by Gasteiger charge is -2.20. The lowest BCUT2D eigenvalue weighted by Crippen LogP contribution is -2.52. The number of aryl methyl sites for hydroxylation is 1. The van der Waals surface area contributed by atoms with E-state index in [2.05, 4.69) is 22.3 Å². The number of halogens is 3. The summed E-state index contributed by atoms with van der Waals surface area (Å²) in [5.41, 5.74) is -1.50. The van der Waals surface area contributed by atoms with Gasteiger partial charge < -0.3 is 15.7 Å². The summed E-state index contributed by atoms with van der Waals surface area (Å²) >= 11 is 0. The van der Waals surface area contributed by atoms with E-state index in [1.54, 1.807) is 0 Å². The van der Waals surface area contributed by atoms with Gasteiger partial charge in [0.2, 0.25) is 11.8 Å². The quantitative estimate of drug-likeness (QED) is 0.626. The molecule has 0 fully saturated rings. The third kappa shape index (κ3) is 4.81. The van der Waals surface area contributed by atoms with Crippen molar-refractivity contribution in [2.45, 2.75) is 24.7 Å². The van der Waals surface area contributed by atoms with E-state index < -0.39 is 42.3 Å². The van der Waals surface area contributed by atoms with Gasteiger partial charge in [0.1, 0.15) is 12.1 Å². The van der Waals surface area contributed by atoms with Gasteiger partial charge in [0, 0.05) is 25.9 Å². The number of nitrogens with zero attached hydrogens (tertiary/aromatic N) is 2. The van der Waals surface area contributed by atoms with Gasteiger partial charge in [-0.15, -0.1) is 6.58 Å². The van der Waals surface area contributed by atoms with Crippen LogP contribution >= 0.6 is 0 Å². The number of carbonyl (C=O) groups excluding carboxylic acids is 2. The van der Waals surface area contributed by atoms with Crippen molar-refractivity contribution in [2.24, 2.45) is 7.05 Å². The normalized spacial score (nSPS) is 14.0. The number of aliphatic hydroxyl groups excluding tert-OH is 1. The van der Waals surface area contributed by atoms with Crippen molar-refractivity contribution in [1.82, 2.24) is 20.4 Å². The fraction of sp³-hybridized carbons (Fsp3) is 0.462. The van der Waals surface area contributed by atoms with E-state index in [0.717, 1.165) is 17.0 Å². The second kappa shape index (κ2) is 7.27. The lowest BCUT2D eigenvalue weighted by molar-refractivity contribution is -0.142. The fourth-order valence-corrected chi connectivity index (χ4v) is 1.90. The molecule has 1 rings (SSSR count). The maximum atomic E-state index is 12.8. The number of hydrogen-bond acceptors (Lipinski definition) is 4. The van der Waals surface area contributed by atoms with Crippen LogP contribution in [0.5, 0.6) is 0 Å². The topological polar surface area (TPSA) is 96.2 Å². The molecule has 0 aromatic carbocycles. The monoisotopic (exact) mass is 334 g/mol. The summed E-state index contributed by atoms with van der Waals surface area (Å²) in [5.74, 6) is -1.56. The minimum atomic E-state index is -4.70. The van der Waals surface area contributed by atoms with Crippen molar-refractivity contribution in [3.8, 4) is 0 Å². The van der Waals surface area contributed by atoms with Crippen LogP contribution in [0.15, 0.2) is 18.9 Å². The second-order valence-electron chi connectivity index (χ2n) is 4.74. The third-order valence-corrected chi connectivity index (χ3v) is 2.95. The molecule has 0 aliphatic carbocycles. The van der Waals surface area contributed by atoms with E-state index in [9.17, 15) is 27.9 Å². The summed E-state index contributed by atoms with van der Waals surface area (Å²) < 4.78 is 39.4. The molecule has 0 bridgehead atoms. The van der Waals surface area contributed by atoms with Gasteiger partial charge in [-0.05, 0) is 0 Å². The van der Waals surface area contributed by atoms with Crippen LogP contribution < -0.4 is 10.6 Å². The molecule has 3 N–H and O–H groups in total. The van der Waals surface area contributed by atoms with Crippen LogP contribution in [0.1, 0.15) is 11.3 Å². The molecule has 0 saturated heterocycles. The molecule has 23 heavy (non-hydrogen) atoms. The first-order valence-corrected chi connectivity index (χ1v) is 6.51. The van der Waals surface area contributed by atoms with Gasteiger partial charge in [-0.3, -0.25) is 14.3 Å². The highest BCUT2D eigenvalue weighted by Gasteiger charge is 2.37. The summed E-state index contributed by atoms with van der Waals surface area (Å²) in [7, 11) is 2.59. The van der Waals surface area contributed by atoms with E-state index in [0.29, 0.717) is 0 Å². The van der Waals surface area contributed by atoms with Crippen LogP contribution in [0.3, 0.4) is 0 Å². The van der Waals surface area contributed by atoms with Crippen LogP contribution in [-0.2, 0) is 29.2 Å². The van der Waals surface area contributed by atoms with Crippen molar-refractivity contribution in [2.75, 3.05) is 7.05 Å². The first kappa shape index (κ1) is 18.7. The van der Waals surface area contributed by atoms with Crippen molar-refractivity contribution in [3.05, 3.63) is 30.1 Å². The number of aliphatic hydroxyl groups is 1. The lowest BCUT2D eigenvalue weighted by atomic mass is 10.1. The number of hydrogen-bond donors (Lipinski definition) is 3. The van der Waals surface area contributed by atoms with E-state index >= 15 is 0 Å². The molecule has 1 aromatic rings. The summed E-state index contributed by atoms with van der Waals surface area (Å²) in [6.07, 6.45) is -4.61.